The molecule has 3 rings (SSSR count). The number of non-ortho nitro benzene ring substituents is 1. The van der Waals surface area contributed by atoms with Gasteiger partial charge < -0.3 is 4.42 Å². The van der Waals surface area contributed by atoms with Gasteiger partial charge in [0.25, 0.3) is 5.69 Å². The van der Waals surface area contributed by atoms with E-state index >= 15 is 0 Å². The highest BCUT2D eigenvalue weighted by Gasteiger charge is 2.15. The minimum absolute atomic E-state index is 0.0723. The molecule has 0 bridgehead atoms. The van der Waals surface area contributed by atoms with Crippen LogP contribution >= 0.6 is 11.6 Å². The predicted molar refractivity (Wildman–Crippen MR) is 100 cm³/mol. The van der Waals surface area contributed by atoms with Gasteiger partial charge in [-0.1, -0.05) is 41.9 Å². The molecule has 1 aromatic heterocycles. The van der Waals surface area contributed by atoms with Gasteiger partial charge >= 0.3 is 0 Å². The average molecular weight is 379 g/mol. The molecule has 0 saturated carbocycles. The Kier molecular flexibility index (Phi) is 5.15. The van der Waals surface area contributed by atoms with Crippen LogP contribution in [0.3, 0.4) is 0 Å². The Labute approximate surface area is 159 Å². The van der Waals surface area contributed by atoms with Crippen molar-refractivity contribution in [3.63, 3.8) is 0 Å². The third-order valence-corrected chi connectivity index (χ3v) is 4.06. The van der Waals surface area contributed by atoms with Crippen LogP contribution in [0.15, 0.2) is 70.7 Å². The Morgan fingerprint density at radius 3 is 2.52 bits per heavy atom. The number of nitriles is 1. The van der Waals surface area contributed by atoms with E-state index in [9.17, 15) is 20.2 Å². The van der Waals surface area contributed by atoms with E-state index in [1.54, 1.807) is 42.5 Å². The normalized spacial score (nSPS) is 11.0. The van der Waals surface area contributed by atoms with Gasteiger partial charge in [0.05, 0.1) is 9.95 Å². The van der Waals surface area contributed by atoms with Crippen molar-refractivity contribution < 1.29 is 14.1 Å². The SMILES string of the molecule is N#C/C(=C\c1ccc(-c2ccc([N+](=O)[O-])cc2Cl)o1)C(=O)c1ccccc1. The standard InChI is InChI=1S/C20H11ClN2O4/c21-18-11-15(23(25)26)6-8-17(18)19-9-7-16(27-19)10-14(12-22)20(24)13-4-2-1-3-5-13/h1-11H/b14-10+. The second-order valence-corrected chi connectivity index (χ2v) is 5.90. The zero-order chi connectivity index (χ0) is 19.4. The van der Waals surface area contributed by atoms with Crippen molar-refractivity contribution in [2.75, 3.05) is 0 Å². The van der Waals surface area contributed by atoms with E-state index in [1.165, 1.54) is 24.3 Å². The van der Waals surface area contributed by atoms with E-state index < -0.39 is 10.7 Å². The number of rotatable bonds is 5. The van der Waals surface area contributed by atoms with Crippen LogP contribution in [0.25, 0.3) is 17.4 Å². The van der Waals surface area contributed by atoms with Crippen LogP contribution < -0.4 is 0 Å². The van der Waals surface area contributed by atoms with Crippen molar-refractivity contribution in [3.8, 4) is 17.4 Å². The molecular weight excluding hydrogens is 368 g/mol. The lowest BCUT2D eigenvalue weighted by molar-refractivity contribution is -0.384. The topological polar surface area (TPSA) is 97.1 Å². The molecule has 6 nitrogen and oxygen atoms in total. The molecule has 0 aliphatic carbocycles. The van der Waals surface area contributed by atoms with Crippen molar-refractivity contribution >= 4 is 29.1 Å². The second-order valence-electron chi connectivity index (χ2n) is 5.49. The summed E-state index contributed by atoms with van der Waals surface area (Å²) in [5.41, 5.74) is 0.665. The van der Waals surface area contributed by atoms with Gasteiger partial charge in [-0.25, -0.2) is 0 Å². The van der Waals surface area contributed by atoms with Gasteiger partial charge in [-0.05, 0) is 18.2 Å². The van der Waals surface area contributed by atoms with E-state index in [0.717, 1.165) is 0 Å². The summed E-state index contributed by atoms with van der Waals surface area (Å²) in [4.78, 5) is 22.6. The first-order valence-corrected chi connectivity index (χ1v) is 8.13. The number of benzene rings is 2. The highest BCUT2D eigenvalue weighted by atomic mass is 35.5. The van der Waals surface area contributed by atoms with Crippen molar-refractivity contribution in [2.24, 2.45) is 0 Å². The number of allylic oxidation sites excluding steroid dienone is 1. The summed E-state index contributed by atoms with van der Waals surface area (Å²) in [6.45, 7) is 0. The monoisotopic (exact) mass is 378 g/mol. The van der Waals surface area contributed by atoms with Gasteiger partial charge in [-0.2, -0.15) is 5.26 Å². The maximum Gasteiger partial charge on any atom is 0.270 e. The maximum atomic E-state index is 12.4. The summed E-state index contributed by atoms with van der Waals surface area (Å²) < 4.78 is 5.64. The summed E-state index contributed by atoms with van der Waals surface area (Å²) in [7, 11) is 0. The fourth-order valence-electron chi connectivity index (χ4n) is 2.43. The molecular formula is C20H11ClN2O4. The molecule has 27 heavy (non-hydrogen) atoms. The van der Waals surface area contributed by atoms with Crippen LogP contribution in [0.5, 0.6) is 0 Å². The second kappa shape index (κ2) is 7.68. The van der Waals surface area contributed by atoms with Crippen LogP contribution in [0.2, 0.25) is 5.02 Å². The Hall–Kier alpha value is -3.69. The number of nitrogens with zero attached hydrogens (tertiary/aromatic N) is 2. The number of carbonyl (C=O) groups excluding carboxylic acids is 1. The molecule has 0 aliphatic heterocycles. The number of Topliss-reactive ketones (excluding diaryl/α,β-unsaturated/α-hetero) is 1. The molecule has 0 unspecified atom stereocenters. The third-order valence-electron chi connectivity index (χ3n) is 3.74. The van der Waals surface area contributed by atoms with Gasteiger partial charge in [-0.15, -0.1) is 0 Å². The lowest BCUT2D eigenvalue weighted by Crippen LogP contribution is -2.01. The van der Waals surface area contributed by atoms with Crippen LogP contribution in [0.4, 0.5) is 5.69 Å². The van der Waals surface area contributed by atoms with Crippen molar-refractivity contribution in [3.05, 3.63) is 92.7 Å². The van der Waals surface area contributed by atoms with Crippen LogP contribution in [-0.4, -0.2) is 10.7 Å². The van der Waals surface area contributed by atoms with E-state index in [0.29, 0.717) is 22.6 Å². The van der Waals surface area contributed by atoms with E-state index in [2.05, 4.69) is 0 Å². The molecule has 0 atom stereocenters. The van der Waals surface area contributed by atoms with E-state index in [4.69, 9.17) is 16.0 Å². The number of nitro groups is 1. The quantitative estimate of drug-likeness (QED) is 0.197. The highest BCUT2D eigenvalue weighted by molar-refractivity contribution is 6.33. The number of furan rings is 1. The smallest absolute Gasteiger partial charge is 0.270 e. The molecule has 2 aromatic carbocycles. The predicted octanol–water partition coefficient (Wildman–Crippen LogP) is 5.30. The Balaban J connectivity index is 1.91. The van der Waals surface area contributed by atoms with Crippen molar-refractivity contribution in [1.82, 2.24) is 0 Å². The lowest BCUT2D eigenvalue weighted by Gasteiger charge is -2.01. The first kappa shape index (κ1) is 18.1. The average Bonchev–Trinajstić information content (AvgIpc) is 3.14. The van der Waals surface area contributed by atoms with Gasteiger partial charge in [0.2, 0.25) is 5.78 Å². The zero-order valence-corrected chi connectivity index (χ0v) is 14.5. The molecule has 0 aliphatic rings. The van der Waals surface area contributed by atoms with Gasteiger partial charge in [0.1, 0.15) is 23.2 Å². The summed E-state index contributed by atoms with van der Waals surface area (Å²) in [5, 5.41) is 20.3. The van der Waals surface area contributed by atoms with E-state index in [1.807, 2.05) is 6.07 Å². The minimum atomic E-state index is -0.541. The highest BCUT2D eigenvalue weighted by Crippen LogP contribution is 2.32. The number of ketones is 1. The Morgan fingerprint density at radius 2 is 1.89 bits per heavy atom. The number of halogens is 1. The molecule has 3 aromatic rings. The molecule has 0 amide bonds. The molecule has 0 saturated heterocycles. The molecule has 1 heterocycles. The zero-order valence-electron chi connectivity index (χ0n) is 13.8. The minimum Gasteiger partial charge on any atom is -0.457 e. The summed E-state index contributed by atoms with van der Waals surface area (Å²) in [5.74, 6) is 0.246. The maximum absolute atomic E-state index is 12.4. The Morgan fingerprint density at radius 1 is 1.15 bits per heavy atom. The molecule has 0 radical (unpaired) electrons. The van der Waals surface area contributed by atoms with E-state index in [-0.39, 0.29) is 16.3 Å². The molecule has 7 heteroatoms. The Bertz CT molecular complexity index is 1090. The number of nitro benzene ring substituents is 1. The third kappa shape index (κ3) is 3.94. The molecule has 0 fully saturated rings. The molecule has 0 spiro atoms. The fourth-order valence-corrected chi connectivity index (χ4v) is 2.70. The number of hydrogen-bond acceptors (Lipinski definition) is 5. The number of hydrogen-bond donors (Lipinski definition) is 0. The van der Waals surface area contributed by atoms with Gasteiger partial charge in [-0.3, -0.25) is 14.9 Å². The summed E-state index contributed by atoms with van der Waals surface area (Å²) >= 11 is 6.09. The van der Waals surface area contributed by atoms with Crippen LogP contribution in [0, 0.1) is 21.4 Å². The molecule has 0 N–H and O–H groups in total. The van der Waals surface area contributed by atoms with Crippen LogP contribution in [-0.2, 0) is 0 Å². The van der Waals surface area contributed by atoms with Crippen LogP contribution in [0.1, 0.15) is 16.1 Å². The summed E-state index contributed by atoms with van der Waals surface area (Å²) in [6.07, 6.45) is 1.35. The lowest BCUT2D eigenvalue weighted by atomic mass is 10.0. The largest absolute Gasteiger partial charge is 0.457 e. The molecule has 132 valence electrons. The van der Waals surface area contributed by atoms with Crippen molar-refractivity contribution in [2.45, 2.75) is 0 Å². The fraction of sp³-hybridized carbons (Fsp3) is 0. The first-order valence-electron chi connectivity index (χ1n) is 7.75. The van der Waals surface area contributed by atoms with Gasteiger partial charge in [0, 0.05) is 29.3 Å². The number of carbonyl (C=O) groups is 1. The van der Waals surface area contributed by atoms with Crippen molar-refractivity contribution in [1.29, 1.82) is 5.26 Å². The van der Waals surface area contributed by atoms with Gasteiger partial charge in [0.15, 0.2) is 0 Å². The summed E-state index contributed by atoms with van der Waals surface area (Å²) in [6, 6.07) is 17.6. The first-order chi connectivity index (χ1) is 13.0.